The molecule has 1 N–H and O–H groups in total. The van der Waals surface area contributed by atoms with E-state index in [9.17, 15) is 9.59 Å². The van der Waals surface area contributed by atoms with Crippen LogP contribution in [0.15, 0.2) is 58.7 Å². The van der Waals surface area contributed by atoms with Crippen LogP contribution in [0.2, 0.25) is 0 Å². The van der Waals surface area contributed by atoms with E-state index in [2.05, 4.69) is 0 Å². The lowest BCUT2D eigenvalue weighted by atomic mass is 9.72. The molecule has 0 atom stereocenters. The van der Waals surface area contributed by atoms with E-state index in [1.807, 2.05) is 0 Å². The summed E-state index contributed by atoms with van der Waals surface area (Å²) in [5.41, 5.74) is -0.923. The second kappa shape index (κ2) is 7.91. The summed E-state index contributed by atoms with van der Waals surface area (Å²) in [4.78, 5) is 23.0. The lowest BCUT2D eigenvalue weighted by Gasteiger charge is -2.32. The molecule has 0 fully saturated rings. The summed E-state index contributed by atoms with van der Waals surface area (Å²) in [7, 11) is 0. The van der Waals surface area contributed by atoms with E-state index >= 15 is 0 Å². The maximum atomic E-state index is 12.3. The molecule has 1 aliphatic rings. The fraction of sp³-hybridized carbons (Fsp3) is 0.400. The standard InChI is InChI=1S/C20H26O3/c1-14(7-6-8-15(2)13-19(22)23)9-10-17-16(3)18(21)11-12-20(17,4)5/h6-10,13H,11-12H2,1-5H3,(H,22,23)/b8-6+,10-9+,14-7-,15-13-/i1D3,3D3,9D. The molecule has 0 spiro atoms. The smallest absolute Gasteiger partial charge is 0.328 e. The van der Waals surface area contributed by atoms with Crippen LogP contribution in [-0.4, -0.2) is 16.9 Å². The first-order chi connectivity index (χ1) is 13.5. The average Bonchev–Trinajstić information content (AvgIpc) is 2.52. The summed E-state index contributed by atoms with van der Waals surface area (Å²) in [6, 6.07) is -0.431. The normalized spacial score (nSPS) is 26.0. The van der Waals surface area contributed by atoms with Gasteiger partial charge in [0.2, 0.25) is 0 Å². The molecular formula is C20H26O3. The molecule has 0 bridgehead atoms. The van der Waals surface area contributed by atoms with E-state index in [0.717, 1.165) is 18.2 Å². The highest BCUT2D eigenvalue weighted by Crippen LogP contribution is 2.39. The van der Waals surface area contributed by atoms with Crippen molar-refractivity contribution in [2.75, 3.05) is 0 Å². The molecule has 0 amide bonds. The van der Waals surface area contributed by atoms with Gasteiger partial charge in [-0.3, -0.25) is 4.79 Å². The van der Waals surface area contributed by atoms with Gasteiger partial charge >= 0.3 is 5.97 Å². The summed E-state index contributed by atoms with van der Waals surface area (Å²) in [5.74, 6) is -1.67. The number of carboxylic acids is 1. The van der Waals surface area contributed by atoms with Crippen LogP contribution in [0.1, 0.15) is 56.9 Å². The fourth-order valence-corrected chi connectivity index (χ4v) is 2.18. The van der Waals surface area contributed by atoms with Gasteiger partial charge in [0.1, 0.15) is 0 Å². The summed E-state index contributed by atoms with van der Waals surface area (Å²) in [5, 5.41) is 8.72. The Morgan fingerprint density at radius 2 is 2.13 bits per heavy atom. The average molecular weight is 321 g/mol. The SMILES string of the molecule is [2H]C(=C\C1=C(C([2H])([2H])[2H])C(=O)CCC1(C)C)/C(=C\C=C\C(C)=C/C(=O)O)C([2H])([2H])[2H]. The molecule has 0 aromatic carbocycles. The van der Waals surface area contributed by atoms with Crippen molar-refractivity contribution < 1.29 is 24.3 Å². The van der Waals surface area contributed by atoms with Gasteiger partial charge in [0.25, 0.3) is 0 Å². The van der Waals surface area contributed by atoms with E-state index in [0.29, 0.717) is 12.0 Å². The maximum Gasteiger partial charge on any atom is 0.328 e. The number of Topliss-reactive ketones (excluding diaryl/α,β-unsaturated/α-hetero) is 1. The molecule has 3 heteroatoms. The van der Waals surface area contributed by atoms with Crippen molar-refractivity contribution in [3.05, 3.63) is 58.7 Å². The van der Waals surface area contributed by atoms with Crippen molar-refractivity contribution in [1.82, 2.24) is 0 Å². The first kappa shape index (κ1) is 10.6. The largest absolute Gasteiger partial charge is 0.478 e. The minimum Gasteiger partial charge on any atom is -0.478 e. The van der Waals surface area contributed by atoms with E-state index in [1.54, 1.807) is 13.8 Å². The minimum atomic E-state index is -2.68. The predicted molar refractivity (Wildman–Crippen MR) is 94.2 cm³/mol. The summed E-state index contributed by atoms with van der Waals surface area (Å²) in [6.45, 7) is -0.324. The summed E-state index contributed by atoms with van der Waals surface area (Å²) in [6.07, 6.45) is 6.43. The Morgan fingerprint density at radius 1 is 1.39 bits per heavy atom. The van der Waals surface area contributed by atoms with E-state index in [1.165, 1.54) is 19.1 Å². The van der Waals surface area contributed by atoms with Crippen molar-refractivity contribution in [1.29, 1.82) is 0 Å². The topological polar surface area (TPSA) is 54.4 Å². The van der Waals surface area contributed by atoms with Gasteiger partial charge in [-0.25, -0.2) is 4.79 Å². The Morgan fingerprint density at radius 3 is 2.74 bits per heavy atom. The van der Waals surface area contributed by atoms with Gasteiger partial charge in [-0.05, 0) is 49.2 Å². The molecule has 0 aliphatic heterocycles. The number of allylic oxidation sites excluding steroid dienone is 9. The molecule has 0 unspecified atom stereocenters. The molecule has 23 heavy (non-hydrogen) atoms. The highest BCUT2D eigenvalue weighted by molar-refractivity contribution is 5.97. The zero-order valence-electron chi connectivity index (χ0n) is 20.6. The van der Waals surface area contributed by atoms with Crippen molar-refractivity contribution in [3.63, 3.8) is 0 Å². The van der Waals surface area contributed by atoms with Crippen molar-refractivity contribution >= 4 is 11.8 Å². The maximum absolute atomic E-state index is 12.3. The van der Waals surface area contributed by atoms with Crippen LogP contribution in [0.3, 0.4) is 0 Å². The molecule has 3 nitrogen and oxygen atoms in total. The number of carboxylic acid groups (broad SMARTS) is 1. The van der Waals surface area contributed by atoms with Gasteiger partial charge in [0, 0.05) is 20.7 Å². The molecule has 0 radical (unpaired) electrons. The second-order valence-electron chi connectivity index (χ2n) is 6.05. The molecule has 1 rings (SSSR count). The van der Waals surface area contributed by atoms with E-state index in [4.69, 9.17) is 14.7 Å². The van der Waals surface area contributed by atoms with Gasteiger partial charge in [-0.15, -0.1) is 0 Å². The molecule has 0 aromatic heterocycles. The number of carbonyl (C=O) groups excluding carboxylic acids is 1. The van der Waals surface area contributed by atoms with Crippen LogP contribution in [0, 0.1) is 5.41 Å². The monoisotopic (exact) mass is 321 g/mol. The Hall–Kier alpha value is -2.16. The van der Waals surface area contributed by atoms with Gasteiger partial charge in [0.05, 0.1) is 1.37 Å². The Balaban J connectivity index is 3.60. The minimum absolute atomic E-state index is 0.0747. The van der Waals surface area contributed by atoms with Crippen LogP contribution in [0.25, 0.3) is 0 Å². The van der Waals surface area contributed by atoms with Gasteiger partial charge in [-0.1, -0.05) is 49.8 Å². The zero-order valence-corrected chi connectivity index (χ0v) is 13.6. The quantitative estimate of drug-likeness (QED) is 0.585. The highest BCUT2D eigenvalue weighted by atomic mass is 16.4. The third-order valence-corrected chi connectivity index (χ3v) is 3.60. The van der Waals surface area contributed by atoms with Crippen LogP contribution >= 0.6 is 0 Å². The third kappa shape index (κ3) is 5.85. The number of hydrogen-bond acceptors (Lipinski definition) is 2. The first-order valence-corrected chi connectivity index (χ1v) is 7.24. The van der Waals surface area contributed by atoms with Gasteiger partial charge in [-0.2, -0.15) is 0 Å². The third-order valence-electron chi connectivity index (χ3n) is 3.60. The molecule has 0 saturated heterocycles. The van der Waals surface area contributed by atoms with Crippen LogP contribution in [0.4, 0.5) is 0 Å². The molecule has 1 aliphatic carbocycles. The van der Waals surface area contributed by atoms with Gasteiger partial charge < -0.3 is 5.11 Å². The fourth-order valence-electron chi connectivity index (χ4n) is 2.18. The van der Waals surface area contributed by atoms with Crippen molar-refractivity contribution in [3.8, 4) is 0 Å². The Kier molecular flexibility index (Phi) is 3.64. The van der Waals surface area contributed by atoms with Crippen LogP contribution in [0.5, 0.6) is 0 Å². The Bertz CT molecular complexity index is 864. The molecule has 0 saturated carbocycles. The lowest BCUT2D eigenvalue weighted by molar-refractivity contribution is -0.131. The highest BCUT2D eigenvalue weighted by Gasteiger charge is 2.30. The van der Waals surface area contributed by atoms with Gasteiger partial charge in [0.15, 0.2) is 5.78 Å². The Labute approximate surface area is 148 Å². The number of rotatable bonds is 5. The van der Waals surface area contributed by atoms with Crippen LogP contribution in [-0.2, 0) is 9.59 Å². The lowest BCUT2D eigenvalue weighted by Crippen LogP contribution is -2.24. The molecule has 0 aromatic rings. The summed E-state index contributed by atoms with van der Waals surface area (Å²) < 4.78 is 54.6. The molecule has 124 valence electrons. The molecule has 0 heterocycles. The number of hydrogen-bond donors (Lipinski definition) is 1. The number of ketones is 1. The second-order valence-corrected chi connectivity index (χ2v) is 6.05. The van der Waals surface area contributed by atoms with Crippen LogP contribution < -0.4 is 0 Å². The van der Waals surface area contributed by atoms with E-state index in [-0.39, 0.29) is 23.1 Å². The predicted octanol–water partition coefficient (Wildman–Crippen LogP) is 4.78. The number of aliphatic carboxylic acids is 1. The first-order valence-electron chi connectivity index (χ1n) is 10.7. The summed E-state index contributed by atoms with van der Waals surface area (Å²) >= 11 is 0. The van der Waals surface area contributed by atoms with Crippen molar-refractivity contribution in [2.24, 2.45) is 5.41 Å². The van der Waals surface area contributed by atoms with Crippen molar-refractivity contribution in [2.45, 2.75) is 47.3 Å². The van der Waals surface area contributed by atoms with E-state index < -0.39 is 36.9 Å². The molecular weight excluding hydrogens is 288 g/mol. The number of carbonyl (C=O) groups is 2. The zero-order chi connectivity index (χ0) is 23.5.